The molecule has 0 aromatic heterocycles. The molecule has 2 rings (SSSR count). The highest BCUT2D eigenvalue weighted by molar-refractivity contribution is 5.94. The second kappa shape index (κ2) is 6.74. The summed E-state index contributed by atoms with van der Waals surface area (Å²) >= 11 is 0. The molecule has 0 amide bonds. The summed E-state index contributed by atoms with van der Waals surface area (Å²) in [4.78, 5) is 11.1. The Kier molecular flexibility index (Phi) is 4.77. The van der Waals surface area contributed by atoms with Crippen LogP contribution in [0.1, 0.15) is 15.9 Å². The Morgan fingerprint density at radius 1 is 1.24 bits per heavy atom. The van der Waals surface area contributed by atoms with Crippen LogP contribution < -0.4 is 10.1 Å². The Hall–Kier alpha value is -2.56. The van der Waals surface area contributed by atoms with Crippen LogP contribution in [0.2, 0.25) is 0 Å². The van der Waals surface area contributed by atoms with Crippen molar-refractivity contribution in [1.29, 1.82) is 0 Å². The van der Waals surface area contributed by atoms with Gasteiger partial charge in [-0.2, -0.15) is 0 Å². The maximum atomic E-state index is 13.5. The lowest BCUT2D eigenvalue weighted by Gasteiger charge is -2.10. The Morgan fingerprint density at radius 2 is 1.95 bits per heavy atom. The van der Waals surface area contributed by atoms with Gasteiger partial charge in [-0.25, -0.2) is 9.18 Å². The molecule has 0 heterocycles. The third-order valence-corrected chi connectivity index (χ3v) is 3.12. The molecule has 2 aromatic rings. The van der Waals surface area contributed by atoms with Gasteiger partial charge in [-0.1, -0.05) is 18.2 Å². The van der Waals surface area contributed by atoms with E-state index in [0.29, 0.717) is 13.0 Å². The SMILES string of the molecule is COc1ccc(CCNc2cccc(F)c2C(=O)O)cc1. The molecule has 110 valence electrons. The van der Waals surface area contributed by atoms with Crippen LogP contribution in [0, 0.1) is 5.82 Å². The van der Waals surface area contributed by atoms with Crippen LogP contribution in [0.3, 0.4) is 0 Å². The van der Waals surface area contributed by atoms with Gasteiger partial charge in [-0.3, -0.25) is 0 Å². The van der Waals surface area contributed by atoms with E-state index in [1.165, 1.54) is 6.07 Å². The van der Waals surface area contributed by atoms with Gasteiger partial charge in [-0.15, -0.1) is 0 Å². The molecule has 0 saturated carbocycles. The average molecular weight is 289 g/mol. The molecule has 0 saturated heterocycles. The fraction of sp³-hybridized carbons (Fsp3) is 0.188. The van der Waals surface area contributed by atoms with Crippen LogP contribution in [0.4, 0.5) is 10.1 Å². The molecule has 5 heteroatoms. The zero-order valence-corrected chi connectivity index (χ0v) is 11.6. The highest BCUT2D eigenvalue weighted by atomic mass is 19.1. The smallest absolute Gasteiger partial charge is 0.340 e. The molecular weight excluding hydrogens is 273 g/mol. The second-order valence-electron chi connectivity index (χ2n) is 4.49. The van der Waals surface area contributed by atoms with Crippen molar-refractivity contribution in [1.82, 2.24) is 0 Å². The van der Waals surface area contributed by atoms with Gasteiger partial charge < -0.3 is 15.2 Å². The van der Waals surface area contributed by atoms with Crippen LogP contribution in [-0.4, -0.2) is 24.7 Å². The van der Waals surface area contributed by atoms with Crippen molar-refractivity contribution >= 4 is 11.7 Å². The van der Waals surface area contributed by atoms with Crippen LogP contribution in [0.5, 0.6) is 5.75 Å². The normalized spacial score (nSPS) is 10.2. The van der Waals surface area contributed by atoms with Crippen molar-refractivity contribution in [2.45, 2.75) is 6.42 Å². The van der Waals surface area contributed by atoms with Gasteiger partial charge in [0.15, 0.2) is 0 Å². The molecule has 0 aliphatic rings. The first kappa shape index (κ1) is 14.8. The Morgan fingerprint density at radius 3 is 2.57 bits per heavy atom. The van der Waals surface area contributed by atoms with Crippen LogP contribution in [-0.2, 0) is 6.42 Å². The standard InChI is InChI=1S/C16H16FNO3/c1-21-12-7-5-11(6-8-12)9-10-18-14-4-2-3-13(17)15(14)16(19)20/h2-8,18H,9-10H2,1H3,(H,19,20). The summed E-state index contributed by atoms with van der Waals surface area (Å²) in [6.45, 7) is 0.510. The van der Waals surface area contributed by atoms with Gasteiger partial charge in [0.1, 0.15) is 17.1 Å². The number of hydrogen-bond acceptors (Lipinski definition) is 3. The van der Waals surface area contributed by atoms with E-state index in [-0.39, 0.29) is 11.3 Å². The molecule has 2 aromatic carbocycles. The Bertz CT molecular complexity index is 626. The summed E-state index contributed by atoms with van der Waals surface area (Å²) < 4.78 is 18.6. The summed E-state index contributed by atoms with van der Waals surface area (Å²) in [5, 5.41) is 12.0. The van der Waals surface area contributed by atoms with Crippen molar-refractivity contribution < 1.29 is 19.0 Å². The molecule has 2 N–H and O–H groups in total. The molecule has 0 radical (unpaired) electrons. The second-order valence-corrected chi connectivity index (χ2v) is 4.49. The summed E-state index contributed by atoms with van der Waals surface area (Å²) in [6.07, 6.45) is 0.694. The fourth-order valence-corrected chi connectivity index (χ4v) is 2.02. The minimum absolute atomic E-state index is 0.288. The van der Waals surface area contributed by atoms with Gasteiger partial charge in [0.25, 0.3) is 0 Å². The van der Waals surface area contributed by atoms with E-state index in [4.69, 9.17) is 9.84 Å². The average Bonchev–Trinajstić information content (AvgIpc) is 2.47. The molecule has 0 unspecified atom stereocenters. The van der Waals surface area contributed by atoms with E-state index in [0.717, 1.165) is 17.4 Å². The minimum Gasteiger partial charge on any atom is -0.497 e. The molecule has 0 aliphatic heterocycles. The van der Waals surface area contributed by atoms with Crippen molar-refractivity contribution in [2.24, 2.45) is 0 Å². The number of anilines is 1. The van der Waals surface area contributed by atoms with Crippen molar-refractivity contribution in [3.63, 3.8) is 0 Å². The topological polar surface area (TPSA) is 58.6 Å². The maximum Gasteiger partial charge on any atom is 0.340 e. The first-order valence-electron chi connectivity index (χ1n) is 6.50. The van der Waals surface area contributed by atoms with E-state index in [9.17, 15) is 9.18 Å². The lowest BCUT2D eigenvalue weighted by molar-refractivity contribution is 0.0693. The van der Waals surface area contributed by atoms with Gasteiger partial charge in [0.05, 0.1) is 12.8 Å². The number of halogens is 1. The lowest BCUT2D eigenvalue weighted by Crippen LogP contribution is -2.11. The summed E-state index contributed by atoms with van der Waals surface area (Å²) in [5.41, 5.74) is 1.04. The molecule has 4 nitrogen and oxygen atoms in total. The Balaban J connectivity index is 2.00. The van der Waals surface area contributed by atoms with Gasteiger partial charge in [0.2, 0.25) is 0 Å². The number of carboxylic acid groups (broad SMARTS) is 1. The number of benzene rings is 2. The van der Waals surface area contributed by atoms with Crippen LogP contribution in [0.25, 0.3) is 0 Å². The molecule has 0 fully saturated rings. The quantitative estimate of drug-likeness (QED) is 0.857. The molecule has 0 aliphatic carbocycles. The monoisotopic (exact) mass is 289 g/mol. The number of carboxylic acids is 1. The van der Waals surface area contributed by atoms with Crippen molar-refractivity contribution in [2.75, 3.05) is 19.0 Å². The van der Waals surface area contributed by atoms with Gasteiger partial charge in [0, 0.05) is 6.54 Å². The fourth-order valence-electron chi connectivity index (χ4n) is 2.02. The number of carbonyl (C=O) groups is 1. The first-order chi connectivity index (χ1) is 10.1. The number of ether oxygens (including phenoxy) is 1. The number of rotatable bonds is 6. The minimum atomic E-state index is -1.28. The van der Waals surface area contributed by atoms with Gasteiger partial charge >= 0.3 is 5.97 Å². The zero-order valence-electron chi connectivity index (χ0n) is 11.6. The summed E-state index contributed by atoms with van der Waals surface area (Å²) in [5.74, 6) is -1.23. The van der Waals surface area contributed by atoms with Gasteiger partial charge in [-0.05, 0) is 36.2 Å². The lowest BCUT2D eigenvalue weighted by atomic mass is 10.1. The number of hydrogen-bond donors (Lipinski definition) is 2. The molecule has 0 bridgehead atoms. The van der Waals surface area contributed by atoms with Crippen LogP contribution >= 0.6 is 0 Å². The molecule has 21 heavy (non-hydrogen) atoms. The molecule has 0 atom stereocenters. The number of aromatic carboxylic acids is 1. The van der Waals surface area contributed by atoms with E-state index in [1.54, 1.807) is 13.2 Å². The first-order valence-corrected chi connectivity index (χ1v) is 6.50. The van der Waals surface area contributed by atoms with Crippen LogP contribution in [0.15, 0.2) is 42.5 Å². The highest BCUT2D eigenvalue weighted by Crippen LogP contribution is 2.19. The van der Waals surface area contributed by atoms with E-state index in [1.807, 2.05) is 24.3 Å². The predicted octanol–water partition coefficient (Wildman–Crippen LogP) is 3.19. The zero-order chi connectivity index (χ0) is 15.2. The van der Waals surface area contributed by atoms with Crippen molar-refractivity contribution in [3.05, 3.63) is 59.4 Å². The van der Waals surface area contributed by atoms with E-state index in [2.05, 4.69) is 5.32 Å². The van der Waals surface area contributed by atoms with Crippen molar-refractivity contribution in [3.8, 4) is 5.75 Å². The third-order valence-electron chi connectivity index (χ3n) is 3.12. The van der Waals surface area contributed by atoms with E-state index < -0.39 is 11.8 Å². The maximum absolute atomic E-state index is 13.5. The Labute approximate surface area is 122 Å². The third kappa shape index (κ3) is 3.72. The summed E-state index contributed by atoms with van der Waals surface area (Å²) in [6, 6.07) is 11.8. The summed E-state index contributed by atoms with van der Waals surface area (Å²) in [7, 11) is 1.61. The number of nitrogens with one attached hydrogen (secondary N) is 1. The highest BCUT2D eigenvalue weighted by Gasteiger charge is 2.14. The molecular formula is C16H16FNO3. The number of methoxy groups -OCH3 is 1. The molecule has 0 spiro atoms. The predicted molar refractivity (Wildman–Crippen MR) is 78.5 cm³/mol. The van der Waals surface area contributed by atoms with E-state index >= 15 is 0 Å². The largest absolute Gasteiger partial charge is 0.497 e.